The highest BCUT2D eigenvalue weighted by Crippen LogP contribution is 2.13. The Morgan fingerprint density at radius 3 is 2.50 bits per heavy atom. The first kappa shape index (κ1) is 11.2. The van der Waals surface area contributed by atoms with Crippen molar-refractivity contribution in [1.82, 2.24) is 5.48 Å². The maximum Gasteiger partial charge on any atom is 0.414 e. The Morgan fingerprint density at radius 1 is 1.50 bits per heavy atom. The summed E-state index contributed by atoms with van der Waals surface area (Å²) in [6.45, 7) is -1.85. The second-order valence-corrected chi connectivity index (χ2v) is 1.86. The quantitative estimate of drug-likeness (QED) is 0.641. The number of ether oxygens (including phenoxy) is 1. The third kappa shape index (κ3) is 7.29. The first-order valence-electron chi connectivity index (χ1n) is 2.92. The van der Waals surface area contributed by atoms with Crippen LogP contribution in [0.2, 0.25) is 0 Å². The normalized spacial score (nSPS) is 11.3. The summed E-state index contributed by atoms with van der Waals surface area (Å²) >= 11 is 0. The molecular formula is C5H8F3NO3. The number of halogens is 3. The zero-order valence-corrected chi connectivity index (χ0v) is 6.27. The molecule has 0 bridgehead atoms. The molecule has 7 heteroatoms. The molecule has 0 aromatic carbocycles. The minimum atomic E-state index is -4.44. The number of rotatable bonds is 4. The van der Waals surface area contributed by atoms with Gasteiger partial charge in [-0.15, -0.1) is 0 Å². The first-order valence-corrected chi connectivity index (χ1v) is 2.92. The lowest BCUT2D eigenvalue weighted by Crippen LogP contribution is -2.31. The molecule has 1 amide bonds. The molecule has 0 saturated heterocycles. The van der Waals surface area contributed by atoms with Crippen LogP contribution in [0.25, 0.3) is 0 Å². The average molecular weight is 187 g/mol. The van der Waals surface area contributed by atoms with E-state index in [2.05, 4.69) is 9.57 Å². The summed E-state index contributed by atoms with van der Waals surface area (Å²) in [7, 11) is 1.24. The number of carbonyl (C=O) groups is 1. The molecule has 0 saturated carbocycles. The fourth-order valence-electron chi connectivity index (χ4n) is 0.359. The van der Waals surface area contributed by atoms with Gasteiger partial charge in [0.15, 0.2) is 6.61 Å². The fraction of sp³-hybridized carbons (Fsp3) is 0.800. The lowest BCUT2D eigenvalue weighted by molar-refractivity contribution is -0.192. The van der Waals surface area contributed by atoms with E-state index >= 15 is 0 Å². The monoisotopic (exact) mass is 187 g/mol. The van der Waals surface area contributed by atoms with Crippen LogP contribution < -0.4 is 5.48 Å². The molecular weight excluding hydrogens is 179 g/mol. The summed E-state index contributed by atoms with van der Waals surface area (Å²) in [4.78, 5) is 14.2. The van der Waals surface area contributed by atoms with Gasteiger partial charge < -0.3 is 4.74 Å². The Kier molecular flexibility index (Phi) is 4.60. The molecule has 12 heavy (non-hydrogen) atoms. The Morgan fingerprint density at radius 2 is 2.08 bits per heavy atom. The molecule has 0 spiro atoms. The Bertz CT molecular complexity index is 147. The molecule has 0 aromatic heterocycles. The van der Waals surface area contributed by atoms with Crippen molar-refractivity contribution in [1.29, 1.82) is 0 Å². The van der Waals surface area contributed by atoms with Gasteiger partial charge in [0, 0.05) is 7.11 Å². The summed E-state index contributed by atoms with van der Waals surface area (Å²) in [5, 5.41) is 0. The van der Waals surface area contributed by atoms with Crippen LogP contribution in [0.15, 0.2) is 0 Å². The summed E-state index contributed by atoms with van der Waals surface area (Å²) in [6.07, 6.45) is -4.44. The van der Waals surface area contributed by atoms with Crippen LogP contribution in [0.1, 0.15) is 0 Å². The minimum absolute atomic E-state index is 0.335. The number of nitrogens with one attached hydrogen (secondary N) is 1. The number of amides is 1. The van der Waals surface area contributed by atoms with E-state index in [1.54, 1.807) is 5.48 Å². The van der Waals surface area contributed by atoms with Gasteiger partial charge in [-0.1, -0.05) is 0 Å². The summed E-state index contributed by atoms with van der Waals surface area (Å²) < 4.78 is 38.5. The maximum atomic E-state index is 11.4. The molecule has 0 aliphatic heterocycles. The van der Waals surface area contributed by atoms with Gasteiger partial charge >= 0.3 is 6.18 Å². The van der Waals surface area contributed by atoms with Crippen molar-refractivity contribution < 1.29 is 27.5 Å². The van der Waals surface area contributed by atoms with Crippen LogP contribution >= 0.6 is 0 Å². The predicted octanol–water partition coefficient (Wildman–Crippen LogP) is 0.243. The first-order chi connectivity index (χ1) is 5.45. The summed E-state index contributed by atoms with van der Waals surface area (Å²) in [5.74, 6) is -0.762. The highest BCUT2D eigenvalue weighted by molar-refractivity contribution is 5.75. The summed E-state index contributed by atoms with van der Waals surface area (Å²) in [6, 6.07) is 0. The highest BCUT2D eigenvalue weighted by Gasteiger charge is 2.28. The number of hydroxylamine groups is 1. The third-order valence-electron chi connectivity index (χ3n) is 0.697. The Balaban J connectivity index is 3.37. The lowest BCUT2D eigenvalue weighted by atomic mass is 10.7. The average Bonchev–Trinajstić information content (AvgIpc) is 1.84. The van der Waals surface area contributed by atoms with Gasteiger partial charge in [0.25, 0.3) is 5.91 Å². The van der Waals surface area contributed by atoms with Gasteiger partial charge in [-0.05, 0) is 0 Å². The number of hydrogen-bond donors (Lipinski definition) is 1. The SMILES string of the molecule is COCC(=O)NOCC(F)(F)F. The largest absolute Gasteiger partial charge is 0.414 e. The van der Waals surface area contributed by atoms with Crippen LogP contribution in [0.4, 0.5) is 13.2 Å². The number of hydrogen-bond acceptors (Lipinski definition) is 3. The predicted molar refractivity (Wildman–Crippen MR) is 32.0 cm³/mol. The van der Waals surface area contributed by atoms with Gasteiger partial charge in [-0.25, -0.2) is 5.48 Å². The second kappa shape index (κ2) is 4.94. The molecule has 0 rings (SSSR count). The smallest absolute Gasteiger partial charge is 0.375 e. The van der Waals surface area contributed by atoms with Gasteiger partial charge in [-0.3, -0.25) is 9.63 Å². The summed E-state index contributed by atoms with van der Waals surface area (Å²) in [5.41, 5.74) is 1.56. The van der Waals surface area contributed by atoms with Crippen molar-refractivity contribution >= 4 is 5.91 Å². The van der Waals surface area contributed by atoms with Gasteiger partial charge in [0.1, 0.15) is 6.61 Å². The molecule has 0 atom stereocenters. The maximum absolute atomic E-state index is 11.4. The molecule has 0 heterocycles. The molecule has 0 radical (unpaired) electrons. The molecule has 0 aliphatic carbocycles. The van der Waals surface area contributed by atoms with Crippen molar-refractivity contribution in [3.8, 4) is 0 Å². The van der Waals surface area contributed by atoms with Gasteiger partial charge in [-0.2, -0.15) is 13.2 Å². The van der Waals surface area contributed by atoms with Gasteiger partial charge in [0.2, 0.25) is 0 Å². The van der Waals surface area contributed by atoms with Crippen molar-refractivity contribution in [2.75, 3.05) is 20.3 Å². The van der Waals surface area contributed by atoms with Crippen LogP contribution in [0.3, 0.4) is 0 Å². The molecule has 0 aliphatic rings. The highest BCUT2D eigenvalue weighted by atomic mass is 19.4. The third-order valence-corrected chi connectivity index (χ3v) is 0.697. The van der Waals surface area contributed by atoms with E-state index in [0.717, 1.165) is 0 Å². The molecule has 0 fully saturated rings. The lowest BCUT2D eigenvalue weighted by Gasteiger charge is -2.07. The van der Waals surface area contributed by atoms with Crippen molar-refractivity contribution in [2.45, 2.75) is 6.18 Å². The van der Waals surface area contributed by atoms with Gasteiger partial charge in [0.05, 0.1) is 0 Å². The molecule has 0 aromatic rings. The zero-order valence-electron chi connectivity index (χ0n) is 6.27. The van der Waals surface area contributed by atoms with Crippen LogP contribution in [-0.2, 0) is 14.4 Å². The molecule has 0 unspecified atom stereocenters. The van der Waals surface area contributed by atoms with Crippen molar-refractivity contribution in [3.63, 3.8) is 0 Å². The second-order valence-electron chi connectivity index (χ2n) is 1.86. The van der Waals surface area contributed by atoms with Crippen molar-refractivity contribution in [2.24, 2.45) is 0 Å². The Labute approximate surface area is 66.6 Å². The van der Waals surface area contributed by atoms with Crippen LogP contribution in [0.5, 0.6) is 0 Å². The Hall–Kier alpha value is -0.820. The van der Waals surface area contributed by atoms with E-state index in [1.807, 2.05) is 0 Å². The van der Waals surface area contributed by atoms with E-state index in [-0.39, 0.29) is 6.61 Å². The molecule has 72 valence electrons. The van der Waals surface area contributed by atoms with E-state index < -0.39 is 18.7 Å². The number of carbonyl (C=O) groups excluding carboxylic acids is 1. The van der Waals surface area contributed by atoms with E-state index in [4.69, 9.17) is 0 Å². The van der Waals surface area contributed by atoms with E-state index in [1.165, 1.54) is 7.11 Å². The fourth-order valence-corrected chi connectivity index (χ4v) is 0.359. The minimum Gasteiger partial charge on any atom is -0.375 e. The standard InChI is InChI=1S/C5H8F3NO3/c1-11-2-4(10)9-12-3-5(6,7)8/h2-3H2,1H3,(H,9,10). The van der Waals surface area contributed by atoms with E-state index in [0.29, 0.717) is 0 Å². The zero-order chi connectivity index (χ0) is 9.61. The topological polar surface area (TPSA) is 47.6 Å². The molecule has 4 nitrogen and oxygen atoms in total. The number of alkyl halides is 3. The van der Waals surface area contributed by atoms with E-state index in [9.17, 15) is 18.0 Å². The van der Waals surface area contributed by atoms with Crippen LogP contribution in [0, 0.1) is 0 Å². The molecule has 1 N–H and O–H groups in total. The van der Waals surface area contributed by atoms with Crippen LogP contribution in [-0.4, -0.2) is 32.4 Å². The number of methoxy groups -OCH3 is 1. The van der Waals surface area contributed by atoms with Crippen molar-refractivity contribution in [3.05, 3.63) is 0 Å².